The van der Waals surface area contributed by atoms with E-state index in [0.717, 1.165) is 10.2 Å². The Kier molecular flexibility index (Phi) is 2.92. The highest BCUT2D eigenvalue weighted by molar-refractivity contribution is 7.16. The Bertz CT molecular complexity index is 581. The third-order valence-electron chi connectivity index (χ3n) is 2.34. The van der Waals surface area contributed by atoms with Crippen LogP contribution in [0.2, 0.25) is 5.28 Å². The molecule has 2 rings (SSSR count). The van der Waals surface area contributed by atoms with Gasteiger partial charge in [0, 0.05) is 0 Å². The normalized spacial score (nSPS) is 11.7. The predicted molar refractivity (Wildman–Crippen MR) is 69.3 cm³/mol. The van der Waals surface area contributed by atoms with Gasteiger partial charge in [-0.25, -0.2) is 9.97 Å². The van der Waals surface area contributed by atoms with Crippen molar-refractivity contribution in [1.29, 1.82) is 0 Å². The molecule has 0 spiro atoms. The number of halogens is 1. The number of primary amides is 1. The van der Waals surface area contributed by atoms with Crippen LogP contribution in [0.5, 0.6) is 0 Å². The van der Waals surface area contributed by atoms with Crippen molar-refractivity contribution in [3.8, 4) is 0 Å². The number of fused-ring (bicyclic) bond motifs is 1. The summed E-state index contributed by atoms with van der Waals surface area (Å²) in [5.41, 5.74) is 4.40. The van der Waals surface area contributed by atoms with Crippen molar-refractivity contribution in [3.05, 3.63) is 16.7 Å². The van der Waals surface area contributed by atoms with Gasteiger partial charge in [-0.1, -0.05) is 0 Å². The number of carbonyl (C=O) groups excluding carboxylic acids is 1. The average molecular weight is 271 g/mol. The number of hydrogen-bond donors (Lipinski definition) is 2. The molecule has 2 aromatic heterocycles. The molecule has 2 aromatic rings. The van der Waals surface area contributed by atoms with Gasteiger partial charge >= 0.3 is 0 Å². The van der Waals surface area contributed by atoms with Gasteiger partial charge in [-0.3, -0.25) is 4.79 Å². The molecule has 0 aliphatic carbocycles. The number of aromatic nitrogens is 2. The maximum absolute atomic E-state index is 11.3. The molecule has 0 aliphatic heterocycles. The lowest BCUT2D eigenvalue weighted by Gasteiger charge is -2.23. The second-order valence-electron chi connectivity index (χ2n) is 4.09. The lowest BCUT2D eigenvalue weighted by molar-refractivity contribution is -0.121. The van der Waals surface area contributed by atoms with Crippen molar-refractivity contribution in [2.24, 2.45) is 5.73 Å². The molecule has 0 aromatic carbocycles. The van der Waals surface area contributed by atoms with E-state index >= 15 is 0 Å². The van der Waals surface area contributed by atoms with Crippen molar-refractivity contribution < 1.29 is 4.79 Å². The van der Waals surface area contributed by atoms with E-state index in [0.29, 0.717) is 5.82 Å². The van der Waals surface area contributed by atoms with E-state index < -0.39 is 11.4 Å². The van der Waals surface area contributed by atoms with Crippen molar-refractivity contribution in [1.82, 2.24) is 9.97 Å². The number of amides is 1. The second-order valence-corrected chi connectivity index (χ2v) is 5.33. The van der Waals surface area contributed by atoms with Crippen LogP contribution in [-0.2, 0) is 4.79 Å². The first-order chi connectivity index (χ1) is 7.90. The van der Waals surface area contributed by atoms with E-state index in [-0.39, 0.29) is 5.28 Å². The summed E-state index contributed by atoms with van der Waals surface area (Å²) >= 11 is 7.28. The van der Waals surface area contributed by atoms with Crippen LogP contribution in [-0.4, -0.2) is 21.4 Å². The quantitative estimate of drug-likeness (QED) is 0.836. The van der Waals surface area contributed by atoms with E-state index in [1.54, 1.807) is 13.8 Å². The van der Waals surface area contributed by atoms with Crippen LogP contribution in [0.4, 0.5) is 5.82 Å². The number of thiophene rings is 1. The molecule has 0 aliphatic rings. The monoisotopic (exact) mass is 270 g/mol. The fourth-order valence-electron chi connectivity index (χ4n) is 1.28. The molecule has 0 fully saturated rings. The molecule has 2 heterocycles. The molecule has 0 saturated heterocycles. The van der Waals surface area contributed by atoms with Gasteiger partial charge in [0.15, 0.2) is 0 Å². The van der Waals surface area contributed by atoms with Crippen LogP contribution >= 0.6 is 22.9 Å². The summed E-state index contributed by atoms with van der Waals surface area (Å²) in [6.45, 7) is 3.37. The van der Waals surface area contributed by atoms with Gasteiger partial charge in [-0.05, 0) is 36.9 Å². The van der Waals surface area contributed by atoms with Gasteiger partial charge in [-0.15, -0.1) is 11.3 Å². The summed E-state index contributed by atoms with van der Waals surface area (Å²) in [4.78, 5) is 20.2. The number of nitrogens with two attached hydrogens (primary N) is 1. The predicted octanol–water partition coefficient (Wildman–Crippen LogP) is 2.02. The van der Waals surface area contributed by atoms with E-state index in [1.165, 1.54) is 11.3 Å². The Morgan fingerprint density at radius 1 is 1.53 bits per heavy atom. The molecular weight excluding hydrogens is 260 g/mol. The van der Waals surface area contributed by atoms with Crippen molar-refractivity contribution >= 4 is 44.9 Å². The SMILES string of the molecule is CC(C)(Nc1nc(Cl)nc2sccc12)C(N)=O. The summed E-state index contributed by atoms with van der Waals surface area (Å²) in [5, 5.41) is 5.84. The van der Waals surface area contributed by atoms with Crippen LogP contribution in [0.1, 0.15) is 13.8 Å². The average Bonchev–Trinajstić information content (AvgIpc) is 2.64. The van der Waals surface area contributed by atoms with E-state index in [2.05, 4.69) is 15.3 Å². The number of nitrogens with one attached hydrogen (secondary N) is 1. The Balaban J connectivity index is 2.48. The van der Waals surface area contributed by atoms with Gasteiger partial charge in [0.05, 0.1) is 5.39 Å². The van der Waals surface area contributed by atoms with Gasteiger partial charge in [0.25, 0.3) is 0 Å². The number of nitrogens with zero attached hydrogens (tertiary/aromatic N) is 2. The fourth-order valence-corrected chi connectivity index (χ4v) is 2.27. The summed E-state index contributed by atoms with van der Waals surface area (Å²) in [5.74, 6) is 0.0562. The Hall–Kier alpha value is -1.40. The van der Waals surface area contributed by atoms with Gasteiger partial charge in [0.2, 0.25) is 11.2 Å². The lowest BCUT2D eigenvalue weighted by Crippen LogP contribution is -2.45. The van der Waals surface area contributed by atoms with E-state index in [9.17, 15) is 4.79 Å². The maximum Gasteiger partial charge on any atom is 0.242 e. The lowest BCUT2D eigenvalue weighted by atomic mass is 10.1. The third-order valence-corrected chi connectivity index (χ3v) is 3.32. The first kappa shape index (κ1) is 12.1. The summed E-state index contributed by atoms with van der Waals surface area (Å²) in [7, 11) is 0. The number of rotatable bonds is 3. The Morgan fingerprint density at radius 3 is 2.88 bits per heavy atom. The van der Waals surface area contributed by atoms with Gasteiger partial charge in [-0.2, -0.15) is 0 Å². The molecule has 90 valence electrons. The second kappa shape index (κ2) is 4.12. The number of anilines is 1. The van der Waals surface area contributed by atoms with Gasteiger partial charge < -0.3 is 11.1 Å². The Morgan fingerprint density at radius 2 is 2.24 bits per heavy atom. The zero-order valence-corrected chi connectivity index (χ0v) is 10.9. The van der Waals surface area contributed by atoms with Crippen molar-refractivity contribution in [3.63, 3.8) is 0 Å². The smallest absolute Gasteiger partial charge is 0.242 e. The molecule has 17 heavy (non-hydrogen) atoms. The van der Waals surface area contributed by atoms with Gasteiger partial charge in [0.1, 0.15) is 16.2 Å². The van der Waals surface area contributed by atoms with E-state index in [4.69, 9.17) is 17.3 Å². The van der Waals surface area contributed by atoms with Crippen molar-refractivity contribution in [2.45, 2.75) is 19.4 Å². The topological polar surface area (TPSA) is 80.9 Å². The molecule has 5 nitrogen and oxygen atoms in total. The molecule has 0 atom stereocenters. The summed E-state index contributed by atoms with van der Waals surface area (Å²) < 4.78 is 0. The largest absolute Gasteiger partial charge is 0.368 e. The molecule has 3 N–H and O–H groups in total. The first-order valence-electron chi connectivity index (χ1n) is 4.89. The van der Waals surface area contributed by atoms with Crippen LogP contribution < -0.4 is 11.1 Å². The molecular formula is C10H11ClN4OS. The first-order valence-corrected chi connectivity index (χ1v) is 6.15. The molecule has 0 saturated carbocycles. The summed E-state index contributed by atoms with van der Waals surface area (Å²) in [6, 6.07) is 1.87. The maximum atomic E-state index is 11.3. The molecule has 0 radical (unpaired) electrons. The minimum absolute atomic E-state index is 0.141. The highest BCUT2D eigenvalue weighted by Crippen LogP contribution is 2.28. The highest BCUT2D eigenvalue weighted by atomic mass is 35.5. The minimum atomic E-state index is -0.896. The third kappa shape index (κ3) is 2.32. The molecule has 0 bridgehead atoms. The molecule has 7 heteroatoms. The number of carbonyl (C=O) groups is 1. The van der Waals surface area contributed by atoms with Crippen LogP contribution in [0.15, 0.2) is 11.4 Å². The Labute approximate surface area is 107 Å². The minimum Gasteiger partial charge on any atom is -0.368 e. The van der Waals surface area contributed by atoms with Crippen molar-refractivity contribution in [2.75, 3.05) is 5.32 Å². The number of hydrogen-bond acceptors (Lipinski definition) is 5. The highest BCUT2D eigenvalue weighted by Gasteiger charge is 2.26. The zero-order valence-electron chi connectivity index (χ0n) is 9.32. The van der Waals surface area contributed by atoms with Crippen LogP contribution in [0, 0.1) is 0 Å². The zero-order chi connectivity index (χ0) is 12.6. The van der Waals surface area contributed by atoms with Crippen LogP contribution in [0.25, 0.3) is 10.2 Å². The molecule has 1 amide bonds. The fraction of sp³-hybridized carbons (Fsp3) is 0.300. The van der Waals surface area contributed by atoms with E-state index in [1.807, 2.05) is 11.4 Å². The van der Waals surface area contributed by atoms with Crippen LogP contribution in [0.3, 0.4) is 0 Å². The summed E-state index contributed by atoms with van der Waals surface area (Å²) in [6.07, 6.45) is 0. The molecule has 0 unspecified atom stereocenters. The standard InChI is InChI=1S/C10H11ClN4OS/c1-10(2,8(12)16)15-6-5-3-4-17-7(5)14-9(11)13-6/h3-4H,1-2H3,(H2,12,16)(H,13,14,15).